The molecule has 2 aliphatic heterocycles. The van der Waals surface area contributed by atoms with Crippen LogP contribution < -0.4 is 0 Å². The van der Waals surface area contributed by atoms with Crippen LogP contribution in [-0.2, 0) is 16.5 Å². The lowest BCUT2D eigenvalue weighted by Crippen LogP contribution is -2.56. The Kier molecular flexibility index (Phi) is 4.61. The van der Waals surface area contributed by atoms with Gasteiger partial charge in [-0.05, 0) is 34.2 Å². The molecule has 1 aliphatic carbocycles. The third-order valence-electron chi connectivity index (χ3n) is 6.89. The maximum atomic E-state index is 13.3. The van der Waals surface area contributed by atoms with Crippen LogP contribution in [0.3, 0.4) is 0 Å². The molecule has 0 N–H and O–H groups in total. The highest BCUT2D eigenvalue weighted by Gasteiger charge is 2.40. The van der Waals surface area contributed by atoms with E-state index in [2.05, 4.69) is 59.6 Å². The predicted molar refractivity (Wildman–Crippen MR) is 121 cm³/mol. The molecule has 3 aromatic rings. The van der Waals surface area contributed by atoms with Gasteiger partial charge in [0, 0.05) is 13.0 Å². The highest BCUT2D eigenvalue weighted by atomic mass is 16.6. The zero-order valence-electron chi connectivity index (χ0n) is 18.0. The molecule has 0 radical (unpaired) electrons. The molecule has 2 unspecified atom stereocenters. The normalized spacial score (nSPS) is 21.7. The highest BCUT2D eigenvalue weighted by Crippen LogP contribution is 2.44. The van der Waals surface area contributed by atoms with Crippen LogP contribution in [0.15, 0.2) is 67.1 Å². The largest absolute Gasteiger partial charge is 0.448 e. The number of benzene rings is 2. The third kappa shape index (κ3) is 3.06. The number of ether oxygens (including phenoxy) is 2. The number of morpholine rings is 1. The third-order valence-corrected chi connectivity index (χ3v) is 6.89. The van der Waals surface area contributed by atoms with Crippen LogP contribution in [-0.4, -0.2) is 52.4 Å². The first kappa shape index (κ1) is 19.3. The topological polar surface area (TPSA) is 56.6 Å². The molecule has 32 heavy (non-hydrogen) atoms. The van der Waals surface area contributed by atoms with Gasteiger partial charge in [0.15, 0.2) is 0 Å². The fourth-order valence-corrected chi connectivity index (χ4v) is 5.41. The minimum absolute atomic E-state index is 0.0284. The number of aromatic nitrogens is 2. The zero-order valence-corrected chi connectivity index (χ0v) is 18.0. The average molecular weight is 428 g/mol. The van der Waals surface area contributed by atoms with E-state index >= 15 is 0 Å². The Morgan fingerprint density at radius 2 is 1.81 bits per heavy atom. The number of aryl methyl sites for hydroxylation is 1. The van der Waals surface area contributed by atoms with Crippen LogP contribution >= 0.6 is 0 Å². The van der Waals surface area contributed by atoms with E-state index in [9.17, 15) is 4.79 Å². The van der Waals surface area contributed by atoms with E-state index in [4.69, 9.17) is 9.47 Å². The summed E-state index contributed by atoms with van der Waals surface area (Å²) in [6, 6.07) is 16.6. The van der Waals surface area contributed by atoms with Gasteiger partial charge in [-0.15, -0.1) is 0 Å². The Morgan fingerprint density at radius 3 is 2.47 bits per heavy atom. The van der Waals surface area contributed by atoms with Gasteiger partial charge < -0.3 is 14.0 Å². The van der Waals surface area contributed by atoms with Crippen molar-refractivity contribution in [3.63, 3.8) is 0 Å². The van der Waals surface area contributed by atoms with Gasteiger partial charge in [-0.1, -0.05) is 54.6 Å². The molecule has 1 amide bonds. The number of carbonyl (C=O) groups excluding carboxylic acids is 1. The molecular formula is C26H25N3O3. The van der Waals surface area contributed by atoms with Crippen LogP contribution in [0.2, 0.25) is 0 Å². The molecule has 1 fully saturated rings. The van der Waals surface area contributed by atoms with Crippen molar-refractivity contribution in [3.05, 3.63) is 84.0 Å². The van der Waals surface area contributed by atoms with E-state index in [-0.39, 0.29) is 24.1 Å². The lowest BCUT2D eigenvalue weighted by molar-refractivity contribution is -0.0332. The van der Waals surface area contributed by atoms with Crippen molar-refractivity contribution in [2.24, 2.45) is 7.05 Å². The summed E-state index contributed by atoms with van der Waals surface area (Å²) in [7, 11) is 1.99. The smallest absolute Gasteiger partial charge is 0.410 e. The number of imidazole rings is 1. The molecule has 0 spiro atoms. The average Bonchev–Trinajstić information content (AvgIpc) is 3.38. The molecule has 1 aromatic heterocycles. The van der Waals surface area contributed by atoms with Gasteiger partial charge in [0.2, 0.25) is 0 Å². The summed E-state index contributed by atoms with van der Waals surface area (Å²) in [5, 5.41) is 0. The molecule has 2 bridgehead atoms. The molecule has 6 heteroatoms. The molecule has 6 rings (SSSR count). The molecular weight excluding hydrogens is 402 g/mol. The van der Waals surface area contributed by atoms with Crippen molar-refractivity contribution in [1.29, 1.82) is 0 Å². The summed E-state index contributed by atoms with van der Waals surface area (Å²) >= 11 is 0. The number of rotatable bonds is 3. The highest BCUT2D eigenvalue weighted by molar-refractivity contribution is 5.79. The van der Waals surface area contributed by atoms with Gasteiger partial charge >= 0.3 is 6.09 Å². The van der Waals surface area contributed by atoms with Crippen LogP contribution in [0.1, 0.15) is 29.2 Å². The summed E-state index contributed by atoms with van der Waals surface area (Å²) in [5.74, 6) is 0.0628. The molecule has 6 nitrogen and oxygen atoms in total. The van der Waals surface area contributed by atoms with E-state index in [1.807, 2.05) is 22.7 Å². The van der Waals surface area contributed by atoms with Gasteiger partial charge in [-0.25, -0.2) is 9.78 Å². The maximum Gasteiger partial charge on any atom is 0.410 e. The van der Waals surface area contributed by atoms with Crippen LogP contribution in [0.4, 0.5) is 4.79 Å². The van der Waals surface area contributed by atoms with Crippen molar-refractivity contribution in [3.8, 4) is 11.1 Å². The first-order chi connectivity index (χ1) is 15.7. The van der Waals surface area contributed by atoms with Crippen molar-refractivity contribution >= 4 is 11.7 Å². The van der Waals surface area contributed by atoms with Gasteiger partial charge in [0.1, 0.15) is 6.61 Å². The Labute approximate surface area is 187 Å². The second-order valence-electron chi connectivity index (χ2n) is 8.76. The molecule has 2 aromatic carbocycles. The van der Waals surface area contributed by atoms with E-state index in [1.165, 1.54) is 27.8 Å². The predicted octanol–water partition coefficient (Wildman–Crippen LogP) is 4.23. The molecule has 2 atom stereocenters. The summed E-state index contributed by atoms with van der Waals surface area (Å²) in [6.07, 6.45) is 6.30. The van der Waals surface area contributed by atoms with E-state index in [0.29, 0.717) is 19.8 Å². The Bertz CT molecular complexity index is 1170. The number of amides is 1. The van der Waals surface area contributed by atoms with E-state index < -0.39 is 0 Å². The Morgan fingerprint density at radius 1 is 1.09 bits per heavy atom. The summed E-state index contributed by atoms with van der Waals surface area (Å²) in [4.78, 5) is 19.4. The van der Waals surface area contributed by atoms with Crippen molar-refractivity contribution in [1.82, 2.24) is 14.5 Å². The number of carbonyl (C=O) groups is 1. The minimum Gasteiger partial charge on any atom is -0.448 e. The maximum absolute atomic E-state index is 13.3. The fraction of sp³-hybridized carbons (Fsp3) is 0.308. The van der Waals surface area contributed by atoms with Gasteiger partial charge in [-0.3, -0.25) is 4.90 Å². The molecule has 1 saturated heterocycles. The van der Waals surface area contributed by atoms with Gasteiger partial charge in [-0.2, -0.15) is 0 Å². The number of nitrogens with zero attached hydrogens (tertiary/aromatic N) is 3. The Hall–Kier alpha value is -3.38. The fourth-order valence-electron chi connectivity index (χ4n) is 5.41. The molecule has 162 valence electrons. The summed E-state index contributed by atoms with van der Waals surface area (Å²) in [6.45, 7) is 1.35. The van der Waals surface area contributed by atoms with Crippen LogP contribution in [0, 0.1) is 0 Å². The Balaban J connectivity index is 1.23. The molecule has 0 saturated carbocycles. The van der Waals surface area contributed by atoms with Gasteiger partial charge in [0.25, 0.3) is 0 Å². The first-order valence-electron chi connectivity index (χ1n) is 11.1. The van der Waals surface area contributed by atoms with E-state index in [1.54, 1.807) is 6.33 Å². The van der Waals surface area contributed by atoms with Crippen molar-refractivity contribution in [2.45, 2.75) is 24.4 Å². The SMILES string of the molecule is Cn1cncc1C1=CC2COCC(C1)N2C(=O)OCC1c2ccccc2-c2ccccc21. The molecule has 3 heterocycles. The quantitative estimate of drug-likeness (QED) is 0.628. The number of hydrogen-bond acceptors (Lipinski definition) is 4. The monoisotopic (exact) mass is 427 g/mol. The summed E-state index contributed by atoms with van der Waals surface area (Å²) in [5.41, 5.74) is 7.22. The van der Waals surface area contributed by atoms with Crippen LogP contribution in [0.5, 0.6) is 0 Å². The van der Waals surface area contributed by atoms with E-state index in [0.717, 1.165) is 12.1 Å². The molecule has 3 aliphatic rings. The first-order valence-corrected chi connectivity index (χ1v) is 11.1. The summed E-state index contributed by atoms with van der Waals surface area (Å²) < 4.78 is 13.7. The number of hydrogen-bond donors (Lipinski definition) is 0. The second kappa shape index (κ2) is 7.64. The van der Waals surface area contributed by atoms with Crippen LogP contribution in [0.25, 0.3) is 16.7 Å². The van der Waals surface area contributed by atoms with Gasteiger partial charge in [0.05, 0.1) is 43.5 Å². The minimum atomic E-state index is -0.259. The van der Waals surface area contributed by atoms with Crippen molar-refractivity contribution < 1.29 is 14.3 Å². The lowest BCUT2D eigenvalue weighted by atomic mass is 9.93. The van der Waals surface area contributed by atoms with Crippen molar-refractivity contribution in [2.75, 3.05) is 19.8 Å². The standard InChI is InChI=1S/C26H25N3O3/c1-28-16-27-12-25(28)17-10-18-13-31-14-19(11-17)29(18)26(30)32-15-24-22-8-4-2-6-20(22)21-7-3-5-9-23(21)24/h2-10,12,16,18-19,24H,11,13-15H2,1H3. The lowest BCUT2D eigenvalue weighted by Gasteiger charge is -2.43. The second-order valence-corrected chi connectivity index (χ2v) is 8.76. The zero-order chi connectivity index (χ0) is 21.7. The number of fused-ring (bicyclic) bond motifs is 5.